The molecule has 0 atom stereocenters. The molecule has 0 aliphatic heterocycles. The second kappa shape index (κ2) is 5.29. The van der Waals surface area contributed by atoms with E-state index in [1.807, 2.05) is 13.0 Å². The number of hydrogen-bond donors (Lipinski definition) is 1. The summed E-state index contributed by atoms with van der Waals surface area (Å²) in [6, 6.07) is 5.34. The number of aryl methyl sites for hydroxylation is 1. The van der Waals surface area contributed by atoms with Crippen LogP contribution >= 0.6 is 0 Å². The zero-order chi connectivity index (χ0) is 12.1. The molecule has 0 fully saturated rings. The molecule has 1 aromatic carbocycles. The molecule has 0 aliphatic rings. The molecule has 0 saturated heterocycles. The van der Waals surface area contributed by atoms with Crippen LogP contribution in [0.25, 0.3) is 0 Å². The molecule has 4 heteroatoms. The Balaban J connectivity index is 3.50. The Morgan fingerprint density at radius 2 is 2.12 bits per heavy atom. The van der Waals surface area contributed by atoms with Crippen LogP contribution in [-0.4, -0.2) is 18.2 Å². The average Bonchev–Trinajstić information content (AvgIpc) is 2.35. The molecule has 0 saturated carbocycles. The van der Waals surface area contributed by atoms with Gasteiger partial charge in [0.05, 0.1) is 24.8 Å². The number of nitrogens with zero attached hydrogens (tertiary/aromatic N) is 1. The van der Waals surface area contributed by atoms with Gasteiger partial charge in [0.15, 0.2) is 0 Å². The number of esters is 1. The van der Waals surface area contributed by atoms with E-state index < -0.39 is 5.97 Å². The smallest absolute Gasteiger partial charge is 0.339 e. The summed E-state index contributed by atoms with van der Waals surface area (Å²) in [5.74, 6) is -0.538. The summed E-state index contributed by atoms with van der Waals surface area (Å²) in [5, 5.41) is 18.1. The maximum absolute atomic E-state index is 11.6. The van der Waals surface area contributed by atoms with Gasteiger partial charge in [-0.2, -0.15) is 5.26 Å². The molecule has 1 N–H and O–H groups in total. The van der Waals surface area contributed by atoms with Crippen LogP contribution in [0, 0.1) is 11.3 Å². The van der Waals surface area contributed by atoms with Crippen molar-refractivity contribution in [1.29, 1.82) is 5.26 Å². The standard InChI is InChI=1S/C12H13NO3/c1-3-8-4-5-9(7-14)10(6-13)11(8)12(15)16-2/h4-5,14H,3,7H2,1-2H3. The summed E-state index contributed by atoms with van der Waals surface area (Å²) in [4.78, 5) is 11.6. The van der Waals surface area contributed by atoms with Crippen LogP contribution in [0.1, 0.15) is 34.0 Å². The van der Waals surface area contributed by atoms with Crippen LogP contribution in [0.4, 0.5) is 0 Å². The van der Waals surface area contributed by atoms with Crippen LogP contribution in [0.15, 0.2) is 12.1 Å². The summed E-state index contributed by atoms with van der Waals surface area (Å²) >= 11 is 0. The Morgan fingerprint density at radius 1 is 1.50 bits per heavy atom. The number of hydrogen-bond acceptors (Lipinski definition) is 4. The van der Waals surface area contributed by atoms with Crippen LogP contribution in [0.3, 0.4) is 0 Å². The molecule has 1 rings (SSSR count). The highest BCUT2D eigenvalue weighted by Gasteiger charge is 2.18. The minimum atomic E-state index is -0.538. The molecule has 0 spiro atoms. The van der Waals surface area contributed by atoms with Gasteiger partial charge in [-0.1, -0.05) is 19.1 Å². The highest BCUT2D eigenvalue weighted by Crippen LogP contribution is 2.20. The van der Waals surface area contributed by atoms with Gasteiger partial charge < -0.3 is 9.84 Å². The summed E-state index contributed by atoms with van der Waals surface area (Å²) < 4.78 is 4.65. The van der Waals surface area contributed by atoms with Gasteiger partial charge in [-0.25, -0.2) is 4.79 Å². The zero-order valence-corrected chi connectivity index (χ0v) is 9.28. The van der Waals surface area contributed by atoms with Crippen molar-refractivity contribution in [2.75, 3.05) is 7.11 Å². The molecule has 0 radical (unpaired) electrons. The Morgan fingerprint density at radius 3 is 2.56 bits per heavy atom. The molecule has 0 bridgehead atoms. The fourth-order valence-electron chi connectivity index (χ4n) is 1.58. The molecule has 84 valence electrons. The van der Waals surface area contributed by atoms with Gasteiger partial charge in [-0.3, -0.25) is 0 Å². The number of aliphatic hydroxyl groups excluding tert-OH is 1. The van der Waals surface area contributed by atoms with Gasteiger partial charge in [0, 0.05) is 0 Å². The van der Waals surface area contributed by atoms with E-state index in [0.29, 0.717) is 12.0 Å². The van der Waals surface area contributed by atoms with E-state index in [0.717, 1.165) is 5.56 Å². The summed E-state index contributed by atoms with van der Waals surface area (Å²) in [6.07, 6.45) is 0.630. The molecule has 4 nitrogen and oxygen atoms in total. The number of nitriles is 1. The monoisotopic (exact) mass is 219 g/mol. The third-order valence-corrected chi connectivity index (χ3v) is 2.43. The number of benzene rings is 1. The van der Waals surface area contributed by atoms with Crippen LogP contribution < -0.4 is 0 Å². The van der Waals surface area contributed by atoms with Crippen LogP contribution in [0.5, 0.6) is 0 Å². The van der Waals surface area contributed by atoms with E-state index in [4.69, 9.17) is 10.4 Å². The van der Waals surface area contributed by atoms with Gasteiger partial charge in [0.2, 0.25) is 0 Å². The number of ether oxygens (including phenoxy) is 1. The molecule has 0 aliphatic carbocycles. The van der Waals surface area contributed by atoms with E-state index in [1.54, 1.807) is 12.1 Å². The third-order valence-electron chi connectivity index (χ3n) is 2.43. The molecule has 0 heterocycles. The lowest BCUT2D eigenvalue weighted by Crippen LogP contribution is -2.10. The van der Waals surface area contributed by atoms with Crippen molar-refractivity contribution in [1.82, 2.24) is 0 Å². The largest absolute Gasteiger partial charge is 0.465 e. The van der Waals surface area contributed by atoms with Crippen LogP contribution in [0.2, 0.25) is 0 Å². The topological polar surface area (TPSA) is 70.3 Å². The Labute approximate surface area is 94.1 Å². The Kier molecular flexibility index (Phi) is 4.03. The minimum Gasteiger partial charge on any atom is -0.465 e. The molecule has 1 aromatic rings. The van der Waals surface area contributed by atoms with Crippen molar-refractivity contribution in [2.45, 2.75) is 20.0 Å². The quantitative estimate of drug-likeness (QED) is 0.780. The van der Waals surface area contributed by atoms with Crippen molar-refractivity contribution in [3.63, 3.8) is 0 Å². The lowest BCUT2D eigenvalue weighted by molar-refractivity contribution is 0.0599. The third kappa shape index (κ3) is 2.05. The van der Waals surface area contributed by atoms with Crippen molar-refractivity contribution in [3.05, 3.63) is 34.4 Å². The second-order valence-corrected chi connectivity index (χ2v) is 3.25. The van der Waals surface area contributed by atoms with Gasteiger partial charge in [-0.15, -0.1) is 0 Å². The summed E-state index contributed by atoms with van der Waals surface area (Å²) in [5.41, 5.74) is 1.66. The predicted octanol–water partition coefficient (Wildman–Crippen LogP) is 1.40. The van der Waals surface area contributed by atoms with Crippen molar-refractivity contribution in [2.24, 2.45) is 0 Å². The number of carbonyl (C=O) groups is 1. The van der Waals surface area contributed by atoms with Crippen molar-refractivity contribution in [3.8, 4) is 6.07 Å². The Hall–Kier alpha value is -1.86. The molecule has 0 aromatic heterocycles. The van der Waals surface area contributed by atoms with Crippen molar-refractivity contribution >= 4 is 5.97 Å². The molecular weight excluding hydrogens is 206 g/mol. The van der Waals surface area contributed by atoms with Gasteiger partial charge in [0.25, 0.3) is 0 Å². The van der Waals surface area contributed by atoms with Crippen molar-refractivity contribution < 1.29 is 14.6 Å². The van der Waals surface area contributed by atoms with Crippen LogP contribution in [-0.2, 0) is 17.8 Å². The maximum atomic E-state index is 11.6. The average molecular weight is 219 g/mol. The SMILES string of the molecule is CCc1ccc(CO)c(C#N)c1C(=O)OC. The van der Waals surface area contributed by atoms with E-state index >= 15 is 0 Å². The zero-order valence-electron chi connectivity index (χ0n) is 9.28. The lowest BCUT2D eigenvalue weighted by Gasteiger charge is -2.10. The summed E-state index contributed by atoms with van der Waals surface area (Å²) in [7, 11) is 1.27. The number of rotatable bonds is 3. The highest BCUT2D eigenvalue weighted by molar-refractivity contribution is 5.94. The first-order valence-electron chi connectivity index (χ1n) is 4.93. The fraction of sp³-hybridized carbons (Fsp3) is 0.333. The first-order chi connectivity index (χ1) is 7.69. The fourth-order valence-corrected chi connectivity index (χ4v) is 1.58. The predicted molar refractivity (Wildman–Crippen MR) is 57.8 cm³/mol. The maximum Gasteiger partial charge on any atom is 0.339 e. The van der Waals surface area contributed by atoms with Gasteiger partial charge in [-0.05, 0) is 17.5 Å². The van der Waals surface area contributed by atoms with E-state index in [1.165, 1.54) is 7.11 Å². The van der Waals surface area contributed by atoms with E-state index in [2.05, 4.69) is 4.74 Å². The van der Waals surface area contributed by atoms with Gasteiger partial charge >= 0.3 is 5.97 Å². The first kappa shape index (κ1) is 12.2. The van der Waals surface area contributed by atoms with E-state index in [-0.39, 0.29) is 17.7 Å². The molecule has 0 amide bonds. The number of methoxy groups -OCH3 is 1. The highest BCUT2D eigenvalue weighted by atomic mass is 16.5. The lowest BCUT2D eigenvalue weighted by atomic mass is 9.95. The van der Waals surface area contributed by atoms with E-state index in [9.17, 15) is 4.79 Å². The molecule has 16 heavy (non-hydrogen) atoms. The first-order valence-corrected chi connectivity index (χ1v) is 4.93. The summed E-state index contributed by atoms with van der Waals surface area (Å²) in [6.45, 7) is 1.62. The Bertz CT molecular complexity index is 446. The minimum absolute atomic E-state index is 0.203. The van der Waals surface area contributed by atoms with Gasteiger partial charge in [0.1, 0.15) is 6.07 Å². The molecular formula is C12H13NO3. The molecule has 0 unspecified atom stereocenters. The number of carbonyl (C=O) groups excluding carboxylic acids is 1. The second-order valence-electron chi connectivity index (χ2n) is 3.25. The number of aliphatic hydroxyl groups is 1. The normalized spacial score (nSPS) is 9.62.